The largest absolute Gasteiger partial charge is 0.461 e. The fraction of sp³-hybridized carbons (Fsp3) is 0.882. The first-order valence-electron chi connectivity index (χ1n) is 8.52. The van der Waals surface area contributed by atoms with Crippen LogP contribution >= 0.6 is 0 Å². The maximum atomic E-state index is 12.6. The van der Waals surface area contributed by atoms with Crippen LogP contribution in [0.15, 0.2) is 0 Å². The number of ether oxygens (including phenoxy) is 2. The van der Waals surface area contributed by atoms with Crippen molar-refractivity contribution >= 4 is 11.8 Å². The minimum absolute atomic E-state index is 0.00727. The second-order valence-corrected chi connectivity index (χ2v) is 8.24. The number of esters is 1. The van der Waals surface area contributed by atoms with E-state index in [4.69, 9.17) is 9.47 Å². The highest BCUT2D eigenvalue weighted by molar-refractivity contribution is 5.84. The second kappa shape index (κ2) is 3.75. The van der Waals surface area contributed by atoms with E-state index in [1.807, 2.05) is 6.92 Å². The molecule has 6 fully saturated rings. The average molecular weight is 306 g/mol. The number of fused-ring (bicyclic) bond motifs is 3. The van der Waals surface area contributed by atoms with Gasteiger partial charge in [0, 0.05) is 30.1 Å². The van der Waals surface area contributed by atoms with Crippen molar-refractivity contribution in [3.63, 3.8) is 0 Å². The summed E-state index contributed by atoms with van der Waals surface area (Å²) in [5, 5.41) is 10.9. The summed E-state index contributed by atoms with van der Waals surface area (Å²) in [5.41, 5.74) is -1.14. The van der Waals surface area contributed by atoms with Crippen LogP contribution in [-0.2, 0) is 19.1 Å². The maximum absolute atomic E-state index is 12.6. The quantitative estimate of drug-likeness (QED) is 0.685. The Kier molecular flexibility index (Phi) is 2.30. The molecule has 0 amide bonds. The summed E-state index contributed by atoms with van der Waals surface area (Å²) in [7, 11) is 0. The molecule has 3 aliphatic heterocycles. The Hall–Kier alpha value is -0.940. The molecule has 3 heterocycles. The molecular formula is C17H22O5. The van der Waals surface area contributed by atoms with Crippen molar-refractivity contribution in [1.82, 2.24) is 0 Å². The number of hydrogen-bond donors (Lipinski definition) is 1. The van der Waals surface area contributed by atoms with E-state index in [1.165, 1.54) is 0 Å². The number of rotatable bonds is 0. The van der Waals surface area contributed by atoms with Gasteiger partial charge in [0.15, 0.2) is 5.79 Å². The van der Waals surface area contributed by atoms with Crippen LogP contribution in [0.3, 0.4) is 0 Å². The lowest BCUT2D eigenvalue weighted by Crippen LogP contribution is -2.73. The van der Waals surface area contributed by atoms with Gasteiger partial charge in [-0.3, -0.25) is 9.59 Å². The summed E-state index contributed by atoms with van der Waals surface area (Å²) in [6, 6.07) is 0. The molecular weight excluding hydrogens is 284 g/mol. The van der Waals surface area contributed by atoms with Gasteiger partial charge in [-0.1, -0.05) is 0 Å². The highest BCUT2D eigenvalue weighted by Crippen LogP contribution is 2.72. The molecule has 6 aliphatic rings. The molecule has 0 unspecified atom stereocenters. The van der Waals surface area contributed by atoms with Crippen molar-refractivity contribution in [1.29, 1.82) is 0 Å². The van der Waals surface area contributed by atoms with Gasteiger partial charge in [0.25, 0.3) is 0 Å². The zero-order valence-electron chi connectivity index (χ0n) is 12.8. The molecule has 0 aromatic carbocycles. The second-order valence-electron chi connectivity index (χ2n) is 8.24. The third-order valence-corrected chi connectivity index (χ3v) is 7.68. The van der Waals surface area contributed by atoms with E-state index in [1.54, 1.807) is 0 Å². The molecule has 22 heavy (non-hydrogen) atoms. The average Bonchev–Trinajstić information content (AvgIpc) is 2.77. The van der Waals surface area contributed by atoms with E-state index < -0.39 is 11.2 Å². The van der Waals surface area contributed by atoms with Gasteiger partial charge >= 0.3 is 5.97 Å². The van der Waals surface area contributed by atoms with Crippen molar-refractivity contribution < 1.29 is 24.2 Å². The molecule has 1 spiro atoms. The van der Waals surface area contributed by atoms with Gasteiger partial charge in [0.05, 0.1) is 6.61 Å². The van der Waals surface area contributed by atoms with Crippen LogP contribution in [0.4, 0.5) is 0 Å². The molecule has 5 nitrogen and oxygen atoms in total. The molecule has 3 saturated carbocycles. The van der Waals surface area contributed by atoms with Crippen LogP contribution < -0.4 is 0 Å². The van der Waals surface area contributed by atoms with E-state index in [0.29, 0.717) is 31.7 Å². The normalized spacial score (nSPS) is 59.0. The lowest BCUT2D eigenvalue weighted by Gasteiger charge is -2.66. The molecule has 120 valence electrons. The first kappa shape index (κ1) is 13.5. The van der Waals surface area contributed by atoms with Gasteiger partial charge in [-0.15, -0.1) is 0 Å². The highest BCUT2D eigenvalue weighted by atomic mass is 16.6. The Balaban J connectivity index is 1.69. The van der Waals surface area contributed by atoms with Crippen molar-refractivity contribution in [3.05, 3.63) is 0 Å². The van der Waals surface area contributed by atoms with Gasteiger partial charge in [-0.05, 0) is 38.5 Å². The first-order chi connectivity index (χ1) is 10.4. The summed E-state index contributed by atoms with van der Waals surface area (Å²) in [6.45, 7) is 2.28. The third-order valence-electron chi connectivity index (χ3n) is 7.68. The molecule has 6 rings (SSSR count). The Morgan fingerprint density at radius 3 is 2.82 bits per heavy atom. The summed E-state index contributed by atoms with van der Waals surface area (Å²) in [6.07, 6.45) is 4.36. The summed E-state index contributed by atoms with van der Waals surface area (Å²) < 4.78 is 11.5. The molecule has 1 N–H and O–H groups in total. The van der Waals surface area contributed by atoms with Crippen LogP contribution in [0.25, 0.3) is 0 Å². The van der Waals surface area contributed by atoms with E-state index in [0.717, 1.165) is 19.3 Å². The minimum atomic E-state index is -1.39. The molecule has 5 heteroatoms. The van der Waals surface area contributed by atoms with Crippen LogP contribution in [0.2, 0.25) is 0 Å². The van der Waals surface area contributed by atoms with E-state index in [2.05, 4.69) is 0 Å². The molecule has 0 radical (unpaired) electrons. The smallest absolute Gasteiger partial charge is 0.318 e. The Morgan fingerprint density at radius 2 is 2.09 bits per heavy atom. The van der Waals surface area contributed by atoms with Crippen LogP contribution in [0.1, 0.15) is 45.4 Å². The first-order valence-corrected chi connectivity index (χ1v) is 8.52. The summed E-state index contributed by atoms with van der Waals surface area (Å²) in [5.74, 6) is -1.10. The van der Waals surface area contributed by atoms with Crippen LogP contribution in [0, 0.1) is 28.6 Å². The van der Waals surface area contributed by atoms with Crippen molar-refractivity contribution in [2.24, 2.45) is 28.6 Å². The fourth-order valence-corrected chi connectivity index (χ4v) is 6.68. The standard InChI is InChI=1S/C17H22O5/c1-15-13-12(22-14(15)19)7-9-10(3-2-4-11(9)18)16(13)5-6-17(15,20)21-8-16/h9-10,12-13,20H,2-8H2,1H3/t9-,10+,12+,13-,15+,16+,17+/m1/s1. The van der Waals surface area contributed by atoms with Crippen LogP contribution in [-0.4, -0.2) is 35.4 Å². The molecule has 7 atom stereocenters. The molecule has 0 aromatic heterocycles. The van der Waals surface area contributed by atoms with Crippen LogP contribution in [0.5, 0.6) is 0 Å². The molecule has 0 aromatic rings. The number of Topliss-reactive ketones (excluding diaryl/α,β-unsaturated/α-hetero) is 1. The van der Waals surface area contributed by atoms with Crippen molar-refractivity contribution in [2.75, 3.05) is 6.61 Å². The molecule has 3 saturated heterocycles. The van der Waals surface area contributed by atoms with Crippen molar-refractivity contribution in [2.45, 2.75) is 57.3 Å². The van der Waals surface area contributed by atoms with Gasteiger partial charge in [0.1, 0.15) is 17.3 Å². The van der Waals surface area contributed by atoms with Gasteiger partial charge < -0.3 is 14.6 Å². The highest BCUT2D eigenvalue weighted by Gasteiger charge is 2.79. The zero-order valence-corrected chi connectivity index (χ0v) is 12.8. The SMILES string of the molecule is C[C@]12C(=O)O[C@H]3C[C@H]4C(=O)CCC[C@@H]4[C@@]4(CC[C@]1(O)OC4)[C@H]32. The zero-order chi connectivity index (χ0) is 15.3. The van der Waals surface area contributed by atoms with E-state index in [-0.39, 0.29) is 35.2 Å². The van der Waals surface area contributed by atoms with Gasteiger partial charge in [-0.2, -0.15) is 0 Å². The third kappa shape index (κ3) is 1.20. The summed E-state index contributed by atoms with van der Waals surface area (Å²) >= 11 is 0. The number of carbonyl (C=O) groups is 2. The number of hydrogen-bond acceptors (Lipinski definition) is 5. The Morgan fingerprint density at radius 1 is 1.27 bits per heavy atom. The lowest BCUT2D eigenvalue weighted by molar-refractivity contribution is -0.375. The monoisotopic (exact) mass is 306 g/mol. The topological polar surface area (TPSA) is 72.8 Å². The minimum Gasteiger partial charge on any atom is -0.461 e. The van der Waals surface area contributed by atoms with E-state index >= 15 is 0 Å². The van der Waals surface area contributed by atoms with E-state index in [9.17, 15) is 14.7 Å². The van der Waals surface area contributed by atoms with Gasteiger partial charge in [-0.25, -0.2) is 0 Å². The Labute approximate surface area is 129 Å². The Bertz CT molecular complexity index is 576. The predicted octanol–water partition coefficient (Wildman–Crippen LogP) is 1.42. The molecule has 2 bridgehead atoms. The fourth-order valence-electron chi connectivity index (χ4n) is 6.68. The lowest BCUT2D eigenvalue weighted by atomic mass is 9.41. The number of ketones is 1. The number of carbonyl (C=O) groups excluding carboxylic acids is 2. The predicted molar refractivity (Wildman–Crippen MR) is 74.5 cm³/mol. The van der Waals surface area contributed by atoms with Gasteiger partial charge in [0.2, 0.25) is 0 Å². The maximum Gasteiger partial charge on any atom is 0.318 e. The molecule has 3 aliphatic carbocycles. The summed E-state index contributed by atoms with van der Waals surface area (Å²) in [4.78, 5) is 25.0. The number of aliphatic hydroxyl groups is 1. The van der Waals surface area contributed by atoms with Crippen molar-refractivity contribution in [3.8, 4) is 0 Å².